The van der Waals surface area contributed by atoms with Crippen molar-refractivity contribution in [3.63, 3.8) is 0 Å². The van der Waals surface area contributed by atoms with Crippen LogP contribution >= 0.6 is 0 Å². The molecule has 0 radical (unpaired) electrons. The minimum atomic E-state index is -0.791. The molecule has 0 amide bonds. The predicted octanol–water partition coefficient (Wildman–Crippen LogP) is 3.86. The van der Waals surface area contributed by atoms with E-state index in [9.17, 15) is 5.11 Å². The summed E-state index contributed by atoms with van der Waals surface area (Å²) < 4.78 is 8.21. The maximum Gasteiger partial charge on any atom is 0.141 e. The first-order chi connectivity index (χ1) is 14.1. The number of piperidine rings is 1. The van der Waals surface area contributed by atoms with Gasteiger partial charge in [0.05, 0.1) is 6.10 Å². The lowest BCUT2D eigenvalue weighted by molar-refractivity contribution is -0.155. The number of likely N-dealkylation sites (tertiary alicyclic amines) is 1. The van der Waals surface area contributed by atoms with Crippen molar-refractivity contribution in [3.8, 4) is 5.75 Å². The lowest BCUT2D eigenvalue weighted by atomic mass is 9.65. The van der Waals surface area contributed by atoms with E-state index in [1.54, 1.807) is 0 Å². The number of aliphatic hydroxyl groups is 1. The van der Waals surface area contributed by atoms with Gasteiger partial charge in [-0.05, 0) is 56.2 Å². The third-order valence-electron chi connectivity index (χ3n) is 7.40. The smallest absolute Gasteiger partial charge is 0.141 e. The van der Waals surface area contributed by atoms with Crippen LogP contribution in [0.3, 0.4) is 0 Å². The summed E-state index contributed by atoms with van der Waals surface area (Å²) in [6, 6.07) is 8.63. The van der Waals surface area contributed by atoms with Crippen molar-refractivity contribution in [2.24, 2.45) is 18.9 Å². The summed E-state index contributed by atoms with van der Waals surface area (Å²) in [5.74, 6) is 2.35. The highest BCUT2D eigenvalue weighted by Gasteiger charge is 2.53. The van der Waals surface area contributed by atoms with Crippen LogP contribution in [0.1, 0.15) is 56.3 Å². The van der Waals surface area contributed by atoms with Gasteiger partial charge in [-0.3, -0.25) is 4.90 Å². The van der Waals surface area contributed by atoms with Gasteiger partial charge in [-0.25, -0.2) is 4.98 Å². The number of imidazole rings is 1. The van der Waals surface area contributed by atoms with Crippen molar-refractivity contribution >= 4 is 0 Å². The van der Waals surface area contributed by atoms with Crippen LogP contribution in [0.15, 0.2) is 36.7 Å². The Kier molecular flexibility index (Phi) is 5.12. The number of hydrogen-bond donors (Lipinski definition) is 1. The zero-order valence-corrected chi connectivity index (χ0v) is 17.5. The number of aryl methyl sites for hydroxylation is 1. The fourth-order valence-corrected chi connectivity index (χ4v) is 5.96. The quantitative estimate of drug-likeness (QED) is 0.835. The van der Waals surface area contributed by atoms with Gasteiger partial charge < -0.3 is 14.4 Å². The minimum absolute atomic E-state index is 0.244. The molecule has 2 unspecified atom stereocenters. The van der Waals surface area contributed by atoms with E-state index in [0.717, 1.165) is 44.0 Å². The second-order valence-electron chi connectivity index (χ2n) is 9.38. The van der Waals surface area contributed by atoms with Crippen molar-refractivity contribution in [1.29, 1.82) is 0 Å². The molecular formula is C24H33N3O2. The molecule has 3 fully saturated rings. The predicted molar refractivity (Wildman–Crippen MR) is 113 cm³/mol. The fraction of sp³-hybridized carbons (Fsp3) is 0.625. The zero-order valence-electron chi connectivity index (χ0n) is 17.5. The van der Waals surface area contributed by atoms with Gasteiger partial charge in [0.2, 0.25) is 0 Å². The SMILES string of the molecule is Cn1ccnc1C1(O)C2CCCC1CN(Cc1cccc(OC3CCCC3)c1)C2. The van der Waals surface area contributed by atoms with E-state index < -0.39 is 5.60 Å². The van der Waals surface area contributed by atoms with Gasteiger partial charge in [0, 0.05) is 50.9 Å². The molecule has 29 heavy (non-hydrogen) atoms. The molecule has 1 N–H and O–H groups in total. The van der Waals surface area contributed by atoms with E-state index in [1.165, 1.54) is 37.7 Å². The Hall–Kier alpha value is -1.85. The molecule has 156 valence electrons. The maximum absolute atomic E-state index is 11.7. The van der Waals surface area contributed by atoms with E-state index in [-0.39, 0.29) is 11.8 Å². The molecule has 2 bridgehead atoms. The van der Waals surface area contributed by atoms with Crippen LogP contribution in [-0.4, -0.2) is 38.8 Å². The molecule has 1 aromatic heterocycles. The van der Waals surface area contributed by atoms with E-state index in [1.807, 2.05) is 24.0 Å². The second kappa shape index (κ2) is 7.77. The summed E-state index contributed by atoms with van der Waals surface area (Å²) in [6.45, 7) is 2.77. The number of hydrogen-bond acceptors (Lipinski definition) is 4. The average Bonchev–Trinajstić information content (AvgIpc) is 3.35. The Labute approximate surface area is 173 Å². The van der Waals surface area contributed by atoms with Crippen LogP contribution in [-0.2, 0) is 19.2 Å². The molecule has 2 aliphatic carbocycles. The molecule has 2 aromatic rings. The van der Waals surface area contributed by atoms with Gasteiger partial charge in [-0.1, -0.05) is 18.6 Å². The third-order valence-corrected chi connectivity index (χ3v) is 7.40. The first kappa shape index (κ1) is 19.1. The van der Waals surface area contributed by atoms with Gasteiger partial charge in [-0.2, -0.15) is 0 Å². The number of ether oxygens (including phenoxy) is 1. The summed E-state index contributed by atoms with van der Waals surface area (Å²) in [5.41, 5.74) is 0.515. The Morgan fingerprint density at radius 2 is 1.86 bits per heavy atom. The lowest BCUT2D eigenvalue weighted by Crippen LogP contribution is -2.58. The summed E-state index contributed by atoms with van der Waals surface area (Å²) in [5, 5.41) is 11.7. The molecule has 3 aliphatic rings. The van der Waals surface area contributed by atoms with Gasteiger partial charge in [-0.15, -0.1) is 0 Å². The molecule has 2 atom stereocenters. The Bertz CT molecular complexity index is 828. The molecule has 5 rings (SSSR count). The standard InChI is InChI=1S/C24H33N3O2/c1-26-13-12-25-23(26)24(28)19-7-5-8-20(24)17-27(16-19)15-18-6-4-11-22(14-18)29-21-9-2-3-10-21/h4,6,11-14,19-21,28H,2-3,5,7-10,15-17H2,1H3. The largest absolute Gasteiger partial charge is 0.490 e. The number of nitrogens with zero attached hydrogens (tertiary/aromatic N) is 3. The first-order valence-electron chi connectivity index (χ1n) is 11.3. The van der Waals surface area contributed by atoms with Gasteiger partial charge in [0.1, 0.15) is 17.2 Å². The average molecular weight is 396 g/mol. The molecule has 5 nitrogen and oxygen atoms in total. The fourth-order valence-electron chi connectivity index (χ4n) is 5.96. The van der Waals surface area contributed by atoms with Crippen LogP contribution < -0.4 is 4.74 Å². The topological polar surface area (TPSA) is 50.5 Å². The van der Waals surface area contributed by atoms with Gasteiger partial charge >= 0.3 is 0 Å². The Morgan fingerprint density at radius 1 is 1.10 bits per heavy atom. The molecule has 1 aromatic carbocycles. The maximum atomic E-state index is 11.7. The zero-order chi connectivity index (χ0) is 19.8. The molecule has 5 heteroatoms. The summed E-state index contributed by atoms with van der Waals surface area (Å²) in [4.78, 5) is 7.07. The summed E-state index contributed by atoms with van der Waals surface area (Å²) in [7, 11) is 2.00. The molecule has 2 saturated carbocycles. The van der Waals surface area contributed by atoms with Crippen molar-refractivity contribution in [2.75, 3.05) is 13.1 Å². The third kappa shape index (κ3) is 3.59. The number of rotatable bonds is 5. The molecule has 0 spiro atoms. The number of benzene rings is 1. The van der Waals surface area contributed by atoms with Crippen molar-refractivity contribution in [1.82, 2.24) is 14.5 Å². The Morgan fingerprint density at radius 3 is 2.55 bits per heavy atom. The molecule has 1 saturated heterocycles. The normalized spacial score (nSPS) is 30.6. The first-order valence-corrected chi connectivity index (χ1v) is 11.3. The summed E-state index contributed by atoms with van der Waals surface area (Å²) in [6.07, 6.45) is 12.5. The van der Waals surface area contributed by atoms with Gasteiger partial charge in [0.25, 0.3) is 0 Å². The van der Waals surface area contributed by atoms with Crippen LogP contribution in [0.4, 0.5) is 0 Å². The highest BCUT2D eigenvalue weighted by atomic mass is 16.5. The van der Waals surface area contributed by atoms with Crippen LogP contribution in [0, 0.1) is 11.8 Å². The van der Waals surface area contributed by atoms with E-state index in [0.29, 0.717) is 6.10 Å². The Balaban J connectivity index is 1.30. The van der Waals surface area contributed by atoms with E-state index in [4.69, 9.17) is 4.74 Å². The van der Waals surface area contributed by atoms with Crippen LogP contribution in [0.5, 0.6) is 5.75 Å². The minimum Gasteiger partial charge on any atom is -0.490 e. The summed E-state index contributed by atoms with van der Waals surface area (Å²) >= 11 is 0. The van der Waals surface area contributed by atoms with Crippen LogP contribution in [0.25, 0.3) is 0 Å². The molecular weight excluding hydrogens is 362 g/mol. The van der Waals surface area contributed by atoms with Crippen molar-refractivity contribution in [2.45, 2.75) is 63.2 Å². The number of fused-ring (bicyclic) bond motifs is 2. The van der Waals surface area contributed by atoms with E-state index in [2.05, 4.69) is 34.1 Å². The highest BCUT2D eigenvalue weighted by Crippen LogP contribution is 2.48. The lowest BCUT2D eigenvalue weighted by Gasteiger charge is -2.52. The van der Waals surface area contributed by atoms with E-state index >= 15 is 0 Å². The van der Waals surface area contributed by atoms with Crippen molar-refractivity contribution in [3.05, 3.63) is 48.0 Å². The number of aromatic nitrogens is 2. The molecule has 2 heterocycles. The monoisotopic (exact) mass is 395 g/mol. The highest BCUT2D eigenvalue weighted by molar-refractivity contribution is 5.29. The van der Waals surface area contributed by atoms with Gasteiger partial charge in [0.15, 0.2) is 0 Å². The van der Waals surface area contributed by atoms with Crippen LogP contribution in [0.2, 0.25) is 0 Å². The second-order valence-corrected chi connectivity index (χ2v) is 9.38. The van der Waals surface area contributed by atoms with Crippen molar-refractivity contribution < 1.29 is 9.84 Å². The molecule has 1 aliphatic heterocycles.